The number of carbonyl (C=O) groups excluding carboxylic acids is 1. The molecule has 38 heavy (non-hydrogen) atoms. The van der Waals surface area contributed by atoms with Gasteiger partial charge in [0.05, 0.1) is 10.3 Å². The lowest BCUT2D eigenvalue weighted by Crippen LogP contribution is -2.31. The zero-order chi connectivity index (χ0) is 27.0. The van der Waals surface area contributed by atoms with Gasteiger partial charge in [-0.3, -0.25) is 9.59 Å². The fraction of sp³-hybridized carbons (Fsp3) is 0.333. The number of carbonyl (C=O) groups is 1. The average Bonchev–Trinajstić information content (AvgIpc) is 3.33. The molecule has 1 aliphatic heterocycles. The minimum absolute atomic E-state index is 0.148. The number of nitrogens with zero attached hydrogens (tertiary/aromatic N) is 1. The van der Waals surface area contributed by atoms with E-state index < -0.39 is 0 Å². The summed E-state index contributed by atoms with van der Waals surface area (Å²) >= 11 is 1.33. The second-order valence-electron chi connectivity index (χ2n) is 10.1. The van der Waals surface area contributed by atoms with Crippen LogP contribution in [0, 0.1) is 32.5 Å². The largest absolute Gasteiger partial charge is 0.457 e. The van der Waals surface area contributed by atoms with Gasteiger partial charge >= 0.3 is 0 Å². The summed E-state index contributed by atoms with van der Waals surface area (Å²) in [4.78, 5) is 26.5. The van der Waals surface area contributed by atoms with E-state index in [4.69, 9.17) is 9.47 Å². The van der Waals surface area contributed by atoms with Crippen molar-refractivity contribution in [2.45, 2.75) is 33.6 Å². The molecule has 8 heteroatoms. The van der Waals surface area contributed by atoms with Crippen LogP contribution in [-0.4, -0.2) is 30.2 Å². The minimum atomic E-state index is -0.296. The van der Waals surface area contributed by atoms with Crippen molar-refractivity contribution in [3.05, 3.63) is 80.3 Å². The molecule has 0 spiro atoms. The molecule has 5 rings (SSSR count). The van der Waals surface area contributed by atoms with E-state index in [0.29, 0.717) is 45.4 Å². The lowest BCUT2D eigenvalue weighted by Gasteiger charge is -2.21. The minimum Gasteiger partial charge on any atom is -0.457 e. The van der Waals surface area contributed by atoms with Gasteiger partial charge in [0.2, 0.25) is 0 Å². The van der Waals surface area contributed by atoms with Crippen molar-refractivity contribution >= 4 is 27.3 Å². The highest BCUT2D eigenvalue weighted by Gasteiger charge is 2.20. The molecule has 198 valence electrons. The first-order valence-electron chi connectivity index (χ1n) is 12.8. The smallest absolute Gasteiger partial charge is 0.261 e. The zero-order valence-corrected chi connectivity index (χ0v) is 22.8. The number of aryl methyl sites for hydroxylation is 4. The van der Waals surface area contributed by atoms with E-state index in [-0.39, 0.29) is 17.3 Å². The molecule has 0 unspecified atom stereocenters. The topological polar surface area (TPSA) is 69.6 Å². The van der Waals surface area contributed by atoms with Crippen LogP contribution in [0.15, 0.2) is 47.4 Å². The van der Waals surface area contributed by atoms with E-state index in [1.54, 1.807) is 23.9 Å². The Morgan fingerprint density at radius 1 is 1.11 bits per heavy atom. The molecule has 6 nitrogen and oxygen atoms in total. The molecule has 1 amide bonds. The van der Waals surface area contributed by atoms with Crippen LogP contribution in [0.5, 0.6) is 11.5 Å². The van der Waals surface area contributed by atoms with E-state index in [1.807, 2.05) is 39.0 Å². The predicted octanol–water partition coefficient (Wildman–Crippen LogP) is 6.28. The van der Waals surface area contributed by atoms with Crippen molar-refractivity contribution in [2.24, 2.45) is 13.0 Å². The number of hydrogen-bond donors (Lipinski definition) is 1. The van der Waals surface area contributed by atoms with Crippen LogP contribution in [0.4, 0.5) is 4.39 Å². The molecule has 0 bridgehead atoms. The molecule has 0 radical (unpaired) electrons. The second-order valence-corrected chi connectivity index (χ2v) is 11.1. The Labute approximate surface area is 225 Å². The SMILES string of the molecule is Cc1cc(Oc2c(C)cc(F)cc2C)cc(-c2cn(C)c(=O)c3cc(C(=O)NCC4CCOCC4)sc23)c1. The normalized spacial score (nSPS) is 14.1. The van der Waals surface area contributed by atoms with Crippen LogP contribution in [0.1, 0.15) is 39.2 Å². The second kappa shape index (κ2) is 10.7. The van der Waals surface area contributed by atoms with Crippen molar-refractivity contribution in [3.63, 3.8) is 0 Å². The number of fused-ring (bicyclic) bond motifs is 1. The van der Waals surface area contributed by atoms with E-state index in [0.717, 1.165) is 47.4 Å². The van der Waals surface area contributed by atoms with Gasteiger partial charge in [0.25, 0.3) is 11.5 Å². The standard InChI is InChI=1S/C30H31FN2O4S/c1-17-9-21(13-23(10-17)37-27-18(2)11-22(31)12-19(27)3)25-16-33(4)30(35)24-14-26(38-28(24)25)29(34)32-15-20-5-7-36-8-6-20/h9-14,16,20H,5-8,15H2,1-4H3,(H,32,34). The van der Waals surface area contributed by atoms with E-state index in [2.05, 4.69) is 5.32 Å². The first kappa shape index (κ1) is 26.1. The van der Waals surface area contributed by atoms with Crippen LogP contribution in [0.25, 0.3) is 21.2 Å². The van der Waals surface area contributed by atoms with Gasteiger partial charge in [-0.2, -0.15) is 0 Å². The Bertz CT molecular complexity index is 1560. The van der Waals surface area contributed by atoms with E-state index >= 15 is 0 Å². The summed E-state index contributed by atoms with van der Waals surface area (Å²) < 4.78 is 27.7. The Balaban J connectivity index is 1.50. The highest BCUT2D eigenvalue weighted by atomic mass is 32.1. The number of rotatable bonds is 6. The van der Waals surface area contributed by atoms with Gasteiger partial charge in [-0.25, -0.2) is 4.39 Å². The summed E-state index contributed by atoms with van der Waals surface area (Å²) in [6.45, 7) is 7.67. The highest BCUT2D eigenvalue weighted by Crippen LogP contribution is 2.37. The number of nitrogens with one attached hydrogen (secondary N) is 1. The van der Waals surface area contributed by atoms with Crippen LogP contribution >= 0.6 is 11.3 Å². The van der Waals surface area contributed by atoms with Gasteiger partial charge in [-0.05, 0) is 92.1 Å². The Morgan fingerprint density at radius 3 is 2.53 bits per heavy atom. The lowest BCUT2D eigenvalue weighted by atomic mass is 10.0. The third-order valence-electron chi connectivity index (χ3n) is 6.97. The first-order valence-corrected chi connectivity index (χ1v) is 13.6. The van der Waals surface area contributed by atoms with Gasteiger partial charge in [0.15, 0.2) is 0 Å². The van der Waals surface area contributed by atoms with Gasteiger partial charge in [0, 0.05) is 43.3 Å². The number of thiophene rings is 1. The molecule has 1 N–H and O–H groups in total. The van der Waals surface area contributed by atoms with E-state index in [1.165, 1.54) is 23.5 Å². The maximum absolute atomic E-state index is 13.8. The fourth-order valence-electron chi connectivity index (χ4n) is 4.98. The van der Waals surface area contributed by atoms with Gasteiger partial charge in [0.1, 0.15) is 17.3 Å². The molecule has 0 saturated carbocycles. The molecule has 1 aliphatic rings. The van der Waals surface area contributed by atoms with Gasteiger partial charge in [-0.1, -0.05) is 6.07 Å². The third kappa shape index (κ3) is 5.37. The molecule has 3 heterocycles. The molecule has 1 saturated heterocycles. The Morgan fingerprint density at radius 2 is 1.82 bits per heavy atom. The first-order chi connectivity index (χ1) is 18.2. The van der Waals surface area contributed by atoms with Crippen LogP contribution in [-0.2, 0) is 11.8 Å². The van der Waals surface area contributed by atoms with Crippen molar-refractivity contribution in [3.8, 4) is 22.6 Å². The summed E-state index contributed by atoms with van der Waals surface area (Å²) in [7, 11) is 1.71. The number of hydrogen-bond acceptors (Lipinski definition) is 5. The maximum Gasteiger partial charge on any atom is 0.261 e. The summed E-state index contributed by atoms with van der Waals surface area (Å²) in [5.74, 6) is 1.18. The quantitative estimate of drug-likeness (QED) is 0.316. The number of halogens is 1. The molecular weight excluding hydrogens is 503 g/mol. The molecule has 1 fully saturated rings. The fourth-order valence-corrected chi connectivity index (χ4v) is 6.08. The monoisotopic (exact) mass is 534 g/mol. The number of pyridine rings is 1. The Hall–Kier alpha value is -3.49. The summed E-state index contributed by atoms with van der Waals surface area (Å²) in [5, 5.41) is 3.56. The average molecular weight is 535 g/mol. The maximum atomic E-state index is 13.8. The summed E-state index contributed by atoms with van der Waals surface area (Å²) in [5.41, 5.74) is 3.97. The Kier molecular flexibility index (Phi) is 7.36. The summed E-state index contributed by atoms with van der Waals surface area (Å²) in [6.07, 6.45) is 3.68. The summed E-state index contributed by atoms with van der Waals surface area (Å²) in [6, 6.07) is 10.5. The number of amides is 1. The number of ether oxygens (including phenoxy) is 2. The van der Waals surface area contributed by atoms with Crippen molar-refractivity contribution in [1.82, 2.24) is 9.88 Å². The molecule has 2 aromatic heterocycles. The third-order valence-corrected chi connectivity index (χ3v) is 8.14. The molecule has 2 aromatic carbocycles. The highest BCUT2D eigenvalue weighted by molar-refractivity contribution is 7.21. The predicted molar refractivity (Wildman–Crippen MR) is 149 cm³/mol. The van der Waals surface area contributed by atoms with Gasteiger partial charge < -0.3 is 19.4 Å². The number of benzene rings is 2. The zero-order valence-electron chi connectivity index (χ0n) is 22.0. The molecule has 0 aliphatic carbocycles. The van der Waals surface area contributed by atoms with Crippen molar-refractivity contribution in [2.75, 3.05) is 19.8 Å². The van der Waals surface area contributed by atoms with Crippen LogP contribution in [0.2, 0.25) is 0 Å². The lowest BCUT2D eigenvalue weighted by molar-refractivity contribution is 0.0643. The molecule has 4 aromatic rings. The van der Waals surface area contributed by atoms with Crippen LogP contribution in [0.3, 0.4) is 0 Å². The van der Waals surface area contributed by atoms with Crippen LogP contribution < -0.4 is 15.6 Å². The van der Waals surface area contributed by atoms with Gasteiger partial charge in [-0.15, -0.1) is 11.3 Å². The van der Waals surface area contributed by atoms with Crippen molar-refractivity contribution in [1.29, 1.82) is 0 Å². The van der Waals surface area contributed by atoms with Crippen molar-refractivity contribution < 1.29 is 18.7 Å². The molecule has 0 atom stereocenters. The van der Waals surface area contributed by atoms with E-state index in [9.17, 15) is 14.0 Å². The number of aromatic nitrogens is 1. The molecular formula is C30H31FN2O4S.